The SMILES string of the molecule is O=C(O)/C=C/c1ccc(N2CC=CCC2)cc1. The van der Waals surface area contributed by atoms with Crippen LogP contribution in [0.2, 0.25) is 0 Å². The average Bonchev–Trinajstić information content (AvgIpc) is 2.38. The predicted octanol–water partition coefficient (Wildman–Crippen LogP) is 2.55. The second kappa shape index (κ2) is 5.34. The van der Waals surface area contributed by atoms with Crippen molar-refractivity contribution in [3.8, 4) is 0 Å². The molecule has 2 rings (SSSR count). The molecule has 1 aliphatic rings. The quantitative estimate of drug-likeness (QED) is 0.639. The smallest absolute Gasteiger partial charge is 0.328 e. The zero-order valence-electron chi connectivity index (χ0n) is 9.54. The topological polar surface area (TPSA) is 40.5 Å². The summed E-state index contributed by atoms with van der Waals surface area (Å²) < 4.78 is 0. The molecule has 3 heteroatoms. The van der Waals surface area contributed by atoms with Gasteiger partial charge in [-0.05, 0) is 30.2 Å². The molecule has 1 N–H and O–H groups in total. The molecular formula is C14H15NO2. The average molecular weight is 229 g/mol. The summed E-state index contributed by atoms with van der Waals surface area (Å²) in [6.07, 6.45) is 8.20. The van der Waals surface area contributed by atoms with Crippen LogP contribution in [0.15, 0.2) is 42.5 Å². The van der Waals surface area contributed by atoms with Crippen molar-refractivity contribution in [2.75, 3.05) is 18.0 Å². The molecule has 3 nitrogen and oxygen atoms in total. The van der Waals surface area contributed by atoms with Gasteiger partial charge in [-0.3, -0.25) is 0 Å². The van der Waals surface area contributed by atoms with Gasteiger partial charge in [0, 0.05) is 24.9 Å². The van der Waals surface area contributed by atoms with Crippen LogP contribution in [0.1, 0.15) is 12.0 Å². The fraction of sp³-hybridized carbons (Fsp3) is 0.214. The van der Waals surface area contributed by atoms with Crippen molar-refractivity contribution in [3.05, 3.63) is 48.1 Å². The third-order valence-corrected chi connectivity index (χ3v) is 2.73. The highest BCUT2D eigenvalue weighted by molar-refractivity contribution is 5.85. The third kappa shape index (κ3) is 3.21. The van der Waals surface area contributed by atoms with Crippen molar-refractivity contribution >= 4 is 17.7 Å². The summed E-state index contributed by atoms with van der Waals surface area (Å²) >= 11 is 0. The van der Waals surface area contributed by atoms with Gasteiger partial charge >= 0.3 is 5.97 Å². The van der Waals surface area contributed by atoms with Crippen LogP contribution in [0.3, 0.4) is 0 Å². The molecule has 1 heterocycles. The van der Waals surface area contributed by atoms with Crippen molar-refractivity contribution in [1.29, 1.82) is 0 Å². The minimum absolute atomic E-state index is 0.906. The maximum absolute atomic E-state index is 10.4. The van der Waals surface area contributed by atoms with Crippen LogP contribution < -0.4 is 4.90 Å². The molecule has 0 amide bonds. The van der Waals surface area contributed by atoms with E-state index < -0.39 is 5.97 Å². The second-order valence-corrected chi connectivity index (χ2v) is 3.97. The number of carbonyl (C=O) groups is 1. The Balaban J connectivity index is 2.07. The first-order valence-corrected chi connectivity index (χ1v) is 5.67. The number of carboxylic acid groups (broad SMARTS) is 1. The van der Waals surface area contributed by atoms with E-state index in [0.29, 0.717) is 0 Å². The molecule has 0 aromatic heterocycles. The van der Waals surface area contributed by atoms with Crippen LogP contribution in [0, 0.1) is 0 Å². The van der Waals surface area contributed by atoms with E-state index in [1.54, 1.807) is 6.08 Å². The molecule has 0 radical (unpaired) electrons. The van der Waals surface area contributed by atoms with Crippen LogP contribution in [-0.4, -0.2) is 24.2 Å². The lowest BCUT2D eigenvalue weighted by atomic mass is 10.1. The molecule has 17 heavy (non-hydrogen) atoms. The molecule has 0 bridgehead atoms. The first-order valence-electron chi connectivity index (χ1n) is 5.67. The highest BCUT2D eigenvalue weighted by atomic mass is 16.4. The standard InChI is InChI=1S/C14H15NO2/c16-14(17)9-6-12-4-7-13(8-5-12)15-10-2-1-3-11-15/h1-2,4-9H,3,10-11H2,(H,16,17)/b9-6+. The molecule has 0 fully saturated rings. The summed E-state index contributed by atoms with van der Waals surface area (Å²) in [6.45, 7) is 1.99. The molecule has 88 valence electrons. The lowest BCUT2D eigenvalue weighted by Gasteiger charge is -2.25. The molecule has 0 saturated heterocycles. The molecule has 0 aliphatic carbocycles. The van der Waals surface area contributed by atoms with Crippen molar-refractivity contribution < 1.29 is 9.90 Å². The number of benzene rings is 1. The molecular weight excluding hydrogens is 214 g/mol. The number of rotatable bonds is 3. The van der Waals surface area contributed by atoms with Gasteiger partial charge in [-0.2, -0.15) is 0 Å². The highest BCUT2D eigenvalue weighted by Crippen LogP contribution is 2.18. The summed E-state index contributed by atoms with van der Waals surface area (Å²) in [5.41, 5.74) is 2.09. The summed E-state index contributed by atoms with van der Waals surface area (Å²) in [6, 6.07) is 7.93. The molecule has 1 aromatic carbocycles. The Labute approximate surface area is 101 Å². The minimum Gasteiger partial charge on any atom is -0.478 e. The summed E-state index contributed by atoms with van der Waals surface area (Å²) in [5, 5.41) is 8.53. The maximum Gasteiger partial charge on any atom is 0.328 e. The zero-order valence-corrected chi connectivity index (χ0v) is 9.54. The van der Waals surface area contributed by atoms with Gasteiger partial charge in [0.05, 0.1) is 0 Å². The van der Waals surface area contributed by atoms with Gasteiger partial charge in [-0.15, -0.1) is 0 Å². The van der Waals surface area contributed by atoms with Crippen LogP contribution in [0.4, 0.5) is 5.69 Å². The number of hydrogen-bond acceptors (Lipinski definition) is 2. The minimum atomic E-state index is -0.921. The molecule has 0 atom stereocenters. The largest absolute Gasteiger partial charge is 0.478 e. The Morgan fingerprint density at radius 1 is 1.24 bits per heavy atom. The van der Waals surface area contributed by atoms with E-state index in [1.807, 2.05) is 24.3 Å². The van der Waals surface area contributed by atoms with E-state index >= 15 is 0 Å². The molecule has 1 aromatic rings. The van der Waals surface area contributed by atoms with Crippen molar-refractivity contribution in [3.63, 3.8) is 0 Å². The molecule has 0 spiro atoms. The van der Waals surface area contributed by atoms with Gasteiger partial charge < -0.3 is 10.0 Å². The number of anilines is 1. The molecule has 0 saturated carbocycles. The van der Waals surface area contributed by atoms with Gasteiger partial charge in [-0.25, -0.2) is 4.79 Å². The van der Waals surface area contributed by atoms with Crippen LogP contribution in [0.25, 0.3) is 6.08 Å². The Hall–Kier alpha value is -2.03. The van der Waals surface area contributed by atoms with Crippen LogP contribution in [-0.2, 0) is 4.79 Å². The Morgan fingerprint density at radius 2 is 2.00 bits per heavy atom. The zero-order chi connectivity index (χ0) is 12.1. The lowest BCUT2D eigenvalue weighted by Crippen LogP contribution is -2.26. The lowest BCUT2D eigenvalue weighted by molar-refractivity contribution is -0.131. The fourth-order valence-corrected chi connectivity index (χ4v) is 1.84. The van der Waals surface area contributed by atoms with Crippen LogP contribution >= 0.6 is 0 Å². The monoisotopic (exact) mass is 229 g/mol. The van der Waals surface area contributed by atoms with Gasteiger partial charge in [0.1, 0.15) is 0 Å². The van der Waals surface area contributed by atoms with E-state index in [4.69, 9.17) is 5.11 Å². The van der Waals surface area contributed by atoms with E-state index in [2.05, 4.69) is 17.1 Å². The van der Waals surface area contributed by atoms with Crippen molar-refractivity contribution in [2.24, 2.45) is 0 Å². The summed E-state index contributed by atoms with van der Waals surface area (Å²) in [4.78, 5) is 12.7. The summed E-state index contributed by atoms with van der Waals surface area (Å²) in [5.74, 6) is -0.921. The molecule has 1 aliphatic heterocycles. The van der Waals surface area contributed by atoms with Crippen molar-refractivity contribution in [1.82, 2.24) is 0 Å². The van der Waals surface area contributed by atoms with E-state index in [1.165, 1.54) is 5.69 Å². The van der Waals surface area contributed by atoms with Gasteiger partial charge in [0.25, 0.3) is 0 Å². The number of carboxylic acids is 1. The van der Waals surface area contributed by atoms with Gasteiger partial charge in [-0.1, -0.05) is 24.3 Å². The van der Waals surface area contributed by atoms with Crippen LogP contribution in [0.5, 0.6) is 0 Å². The Bertz CT molecular complexity index is 446. The Morgan fingerprint density at radius 3 is 2.59 bits per heavy atom. The number of hydrogen-bond donors (Lipinski definition) is 1. The third-order valence-electron chi connectivity index (χ3n) is 2.73. The van der Waals surface area contributed by atoms with E-state index in [0.717, 1.165) is 31.1 Å². The second-order valence-electron chi connectivity index (χ2n) is 3.97. The van der Waals surface area contributed by atoms with Crippen molar-refractivity contribution in [2.45, 2.75) is 6.42 Å². The maximum atomic E-state index is 10.4. The normalized spacial score (nSPS) is 15.4. The van der Waals surface area contributed by atoms with E-state index in [-0.39, 0.29) is 0 Å². The van der Waals surface area contributed by atoms with E-state index in [9.17, 15) is 4.79 Å². The van der Waals surface area contributed by atoms with Gasteiger partial charge in [0.15, 0.2) is 0 Å². The number of aliphatic carboxylic acids is 1. The first kappa shape index (κ1) is 11.5. The van der Waals surface area contributed by atoms with Gasteiger partial charge in [0.2, 0.25) is 0 Å². The fourth-order valence-electron chi connectivity index (χ4n) is 1.84. The summed E-state index contributed by atoms with van der Waals surface area (Å²) in [7, 11) is 0. The first-order chi connectivity index (χ1) is 8.25. The highest BCUT2D eigenvalue weighted by Gasteiger charge is 2.06. The molecule has 0 unspecified atom stereocenters. The predicted molar refractivity (Wildman–Crippen MR) is 69.1 cm³/mol. The number of nitrogens with zero attached hydrogens (tertiary/aromatic N) is 1. The Kier molecular flexibility index (Phi) is 3.60.